The summed E-state index contributed by atoms with van der Waals surface area (Å²) in [4.78, 5) is 82.8. The number of carbonyl (C=O) groups excluding carboxylic acids is 6. The van der Waals surface area contributed by atoms with E-state index < -0.39 is 107 Å². The molecule has 1 amide bonds. The zero-order valence-corrected chi connectivity index (χ0v) is 34.4. The molecule has 3 saturated carbocycles. The van der Waals surface area contributed by atoms with E-state index in [1.807, 2.05) is 13.8 Å². The number of fused-ring (bicyclic) bond motifs is 4. The van der Waals surface area contributed by atoms with Crippen LogP contribution in [0.1, 0.15) is 96.1 Å². The molecule has 0 aromatic heterocycles. The largest absolute Gasteiger partial charge is 0.456 e. The summed E-state index contributed by atoms with van der Waals surface area (Å²) >= 11 is 0. The molecule has 59 heavy (non-hydrogen) atoms. The van der Waals surface area contributed by atoms with Crippen molar-refractivity contribution in [1.82, 2.24) is 5.32 Å². The molecule has 1 spiro atoms. The second-order valence-electron chi connectivity index (χ2n) is 17.8. The van der Waals surface area contributed by atoms with Gasteiger partial charge in [-0.05, 0) is 60.4 Å². The average molecular weight is 816 g/mol. The van der Waals surface area contributed by atoms with Crippen LogP contribution in [0.15, 0.2) is 71.8 Å². The number of hydrogen-bond acceptors (Lipinski definition) is 13. The van der Waals surface area contributed by atoms with Crippen LogP contribution in [0.3, 0.4) is 0 Å². The van der Waals surface area contributed by atoms with Crippen LogP contribution in [0.5, 0.6) is 0 Å². The number of amides is 1. The predicted molar refractivity (Wildman–Crippen MR) is 208 cm³/mol. The third-order valence-corrected chi connectivity index (χ3v) is 13.4. The molecule has 316 valence electrons. The summed E-state index contributed by atoms with van der Waals surface area (Å²) in [6, 6.07) is 15.3. The van der Waals surface area contributed by atoms with Gasteiger partial charge in [0.15, 0.2) is 23.6 Å². The number of Topliss-reactive ketones (excluding diaryl/α,β-unsaturated/α-hetero) is 1. The molecule has 0 radical (unpaired) electrons. The topological polar surface area (TPSA) is 201 Å². The van der Waals surface area contributed by atoms with Gasteiger partial charge in [-0.2, -0.15) is 0 Å². The van der Waals surface area contributed by atoms with Crippen LogP contribution in [-0.4, -0.2) is 94.1 Å². The van der Waals surface area contributed by atoms with E-state index in [9.17, 15) is 34.2 Å². The lowest BCUT2D eigenvalue weighted by atomic mass is 9.48. The highest BCUT2D eigenvalue weighted by atomic mass is 16.6. The fourth-order valence-corrected chi connectivity index (χ4v) is 10.6. The van der Waals surface area contributed by atoms with Crippen molar-refractivity contribution >= 4 is 35.6 Å². The Morgan fingerprint density at radius 1 is 0.915 bits per heavy atom. The van der Waals surface area contributed by atoms with Crippen molar-refractivity contribution in [1.29, 1.82) is 0 Å². The van der Waals surface area contributed by atoms with Gasteiger partial charge in [-0.1, -0.05) is 76.2 Å². The zero-order valence-electron chi connectivity index (χ0n) is 34.4. The molecule has 4 fully saturated rings. The molecular weight excluding hydrogens is 762 g/mol. The molecule has 1 saturated heterocycles. The molecule has 14 nitrogen and oxygen atoms in total. The minimum absolute atomic E-state index is 0.0173. The molecule has 1 aliphatic heterocycles. The smallest absolute Gasteiger partial charge is 0.338 e. The minimum Gasteiger partial charge on any atom is -0.456 e. The number of carbonyl (C=O) groups is 6. The lowest BCUT2D eigenvalue weighted by Gasteiger charge is -2.64. The van der Waals surface area contributed by atoms with Gasteiger partial charge in [-0.3, -0.25) is 19.2 Å². The van der Waals surface area contributed by atoms with Gasteiger partial charge in [0.25, 0.3) is 0 Å². The predicted octanol–water partition coefficient (Wildman–Crippen LogP) is 4.11. The third-order valence-electron chi connectivity index (χ3n) is 13.4. The van der Waals surface area contributed by atoms with Crippen molar-refractivity contribution < 1.29 is 62.7 Å². The van der Waals surface area contributed by atoms with Crippen LogP contribution in [0.25, 0.3) is 0 Å². The van der Waals surface area contributed by atoms with Crippen molar-refractivity contribution in [3.63, 3.8) is 0 Å². The monoisotopic (exact) mass is 815 g/mol. The molecule has 0 unspecified atom stereocenters. The second-order valence-corrected chi connectivity index (χ2v) is 17.8. The summed E-state index contributed by atoms with van der Waals surface area (Å²) in [5.41, 5.74) is -5.66. The molecular formula is C45H53NO13. The maximum absolute atomic E-state index is 15.4. The Kier molecular flexibility index (Phi) is 10.9. The highest BCUT2D eigenvalue weighted by molar-refractivity contribution is 5.97. The van der Waals surface area contributed by atoms with Crippen molar-refractivity contribution in [2.45, 2.75) is 122 Å². The van der Waals surface area contributed by atoms with Crippen LogP contribution in [-0.2, 0) is 47.7 Å². The fourth-order valence-electron chi connectivity index (χ4n) is 10.6. The van der Waals surface area contributed by atoms with Gasteiger partial charge in [-0.25, -0.2) is 9.59 Å². The molecule has 5 aliphatic rings. The van der Waals surface area contributed by atoms with Crippen molar-refractivity contribution in [2.24, 2.45) is 28.6 Å². The number of benzene rings is 2. The maximum Gasteiger partial charge on any atom is 0.338 e. The SMILES string of the molecule is CC(=O)O[C@H]1C(=O)[C@]23C[C@H]2C[C@H]2OC[C@@]2(OC(C)=O)[C@H]3[C@H](OC(=O)c2ccccc2)[C@]2(O)C[C@H](OC(=O)[C@H](O)[C@@H](NC(=O)CC(C)C)c3ccccc3)C(C)=C1C2(C)C. The van der Waals surface area contributed by atoms with Crippen LogP contribution in [0, 0.1) is 28.6 Å². The van der Waals surface area contributed by atoms with E-state index in [2.05, 4.69) is 5.32 Å². The highest BCUT2D eigenvalue weighted by Crippen LogP contribution is 2.74. The zero-order chi connectivity index (χ0) is 42.8. The Morgan fingerprint density at radius 3 is 2.14 bits per heavy atom. The molecule has 1 heterocycles. The number of rotatable bonds is 11. The highest BCUT2D eigenvalue weighted by Gasteiger charge is 2.84. The van der Waals surface area contributed by atoms with E-state index in [1.165, 1.54) is 6.92 Å². The first-order valence-corrected chi connectivity index (χ1v) is 20.2. The Hall–Kier alpha value is -4.92. The quantitative estimate of drug-likeness (QED) is 0.167. The van der Waals surface area contributed by atoms with E-state index in [1.54, 1.807) is 81.4 Å². The summed E-state index contributed by atoms with van der Waals surface area (Å²) in [5.74, 6) is -5.93. The standard InChI is InChI=1S/C45H53NO13/c1-23(2)18-32(49)46-34(27-14-10-8-11-15-27)35(50)41(53)57-30-21-45(54)39(58-40(52)28-16-12-9-13-17-28)37-43(20-29(43)19-31-44(37,22-55-31)59-26(5)48)38(51)36(56-25(4)47)33(24(30)3)42(45,6)7/h8-17,23,29-31,34-37,39,50,54H,18-22H2,1-7H3,(H,46,49)/t29-,30+,31-,34+,35-,36-,37+,39+,43-,44+,45-/m1/s1. The number of aliphatic hydroxyl groups is 2. The molecule has 2 aromatic carbocycles. The summed E-state index contributed by atoms with van der Waals surface area (Å²) < 4.78 is 30.7. The van der Waals surface area contributed by atoms with Gasteiger partial charge in [0.1, 0.15) is 23.9 Å². The van der Waals surface area contributed by atoms with Crippen LogP contribution < -0.4 is 5.32 Å². The fraction of sp³-hybridized carbons (Fsp3) is 0.556. The number of ketones is 1. The van der Waals surface area contributed by atoms with Gasteiger partial charge >= 0.3 is 23.9 Å². The number of esters is 4. The Balaban J connectivity index is 1.38. The summed E-state index contributed by atoms with van der Waals surface area (Å²) in [7, 11) is 0. The van der Waals surface area contributed by atoms with Gasteiger partial charge in [0, 0.05) is 37.5 Å². The first-order valence-electron chi connectivity index (χ1n) is 20.2. The van der Waals surface area contributed by atoms with E-state index in [0.29, 0.717) is 12.0 Å². The lowest BCUT2D eigenvalue weighted by molar-refractivity contribution is -0.323. The van der Waals surface area contributed by atoms with Crippen molar-refractivity contribution in [3.8, 4) is 0 Å². The van der Waals surface area contributed by atoms with E-state index in [0.717, 1.165) is 6.92 Å². The minimum atomic E-state index is -2.22. The van der Waals surface area contributed by atoms with Crippen molar-refractivity contribution in [3.05, 3.63) is 82.9 Å². The number of nitrogens with one attached hydrogen (secondary N) is 1. The van der Waals surface area contributed by atoms with Crippen LogP contribution >= 0.6 is 0 Å². The van der Waals surface area contributed by atoms with E-state index in [-0.39, 0.29) is 48.0 Å². The lowest BCUT2D eigenvalue weighted by Crippen LogP contribution is -2.78. The van der Waals surface area contributed by atoms with Crippen LogP contribution in [0.2, 0.25) is 0 Å². The Morgan fingerprint density at radius 2 is 1.56 bits per heavy atom. The molecule has 11 atom stereocenters. The van der Waals surface area contributed by atoms with Gasteiger partial charge in [0.2, 0.25) is 5.91 Å². The Bertz CT molecular complexity index is 2060. The van der Waals surface area contributed by atoms with Gasteiger partial charge < -0.3 is 39.2 Å². The maximum atomic E-state index is 15.4. The first-order chi connectivity index (χ1) is 27.8. The second kappa shape index (κ2) is 15.3. The van der Waals surface area contributed by atoms with E-state index >= 15 is 4.79 Å². The van der Waals surface area contributed by atoms with Gasteiger partial charge in [0.05, 0.1) is 24.1 Å². The van der Waals surface area contributed by atoms with E-state index in [4.69, 9.17) is 23.7 Å². The third kappa shape index (κ3) is 6.96. The first kappa shape index (κ1) is 42.2. The Labute approximate surface area is 342 Å². The summed E-state index contributed by atoms with van der Waals surface area (Å²) in [6.07, 6.45) is -6.91. The molecule has 7 rings (SSSR count). The number of ether oxygens (including phenoxy) is 5. The molecule has 3 N–H and O–H groups in total. The van der Waals surface area contributed by atoms with Gasteiger partial charge in [-0.15, -0.1) is 0 Å². The molecule has 14 heteroatoms. The van der Waals surface area contributed by atoms with Crippen molar-refractivity contribution in [2.75, 3.05) is 6.61 Å². The average Bonchev–Trinajstić information content (AvgIpc) is 3.90. The summed E-state index contributed by atoms with van der Waals surface area (Å²) in [5, 5.41) is 28.1. The number of hydrogen-bond donors (Lipinski definition) is 3. The van der Waals surface area contributed by atoms with Crippen LogP contribution in [0.4, 0.5) is 0 Å². The molecule has 4 aliphatic carbocycles. The molecule has 2 aromatic rings. The normalized spacial score (nSPS) is 33.6. The summed E-state index contributed by atoms with van der Waals surface area (Å²) in [6.45, 7) is 10.8. The number of aliphatic hydroxyl groups excluding tert-OH is 1. The molecule has 2 bridgehead atoms.